The van der Waals surface area contributed by atoms with Gasteiger partial charge < -0.3 is 24.3 Å². The van der Waals surface area contributed by atoms with E-state index in [9.17, 15) is 4.79 Å². The number of hydrogen-bond acceptors (Lipinski definition) is 6. The number of hydrogen-bond donors (Lipinski definition) is 1. The van der Waals surface area contributed by atoms with Gasteiger partial charge in [-0.2, -0.15) is 0 Å². The number of nitrogens with one attached hydrogen (secondary N) is 1. The van der Waals surface area contributed by atoms with Crippen LogP contribution in [0.4, 0.5) is 0 Å². The number of amides is 1. The first-order valence-electron chi connectivity index (χ1n) is 11.6. The topological polar surface area (TPSA) is 78.9 Å². The van der Waals surface area contributed by atoms with Crippen molar-refractivity contribution in [3.63, 3.8) is 0 Å². The Hall–Kier alpha value is -3.74. The van der Waals surface area contributed by atoms with Gasteiger partial charge in [-0.15, -0.1) is 0 Å². The van der Waals surface area contributed by atoms with Crippen molar-refractivity contribution in [2.75, 3.05) is 19.8 Å². The van der Waals surface area contributed by atoms with E-state index in [4.69, 9.17) is 18.9 Å². The second-order valence-corrected chi connectivity index (χ2v) is 7.48. The fourth-order valence-corrected chi connectivity index (χ4v) is 3.40. The largest absolute Gasteiger partial charge is 0.490 e. The van der Waals surface area contributed by atoms with Crippen molar-refractivity contribution in [1.29, 1.82) is 0 Å². The molecule has 7 nitrogen and oxygen atoms in total. The lowest BCUT2D eigenvalue weighted by Gasteiger charge is -2.19. The second-order valence-electron chi connectivity index (χ2n) is 7.48. The summed E-state index contributed by atoms with van der Waals surface area (Å²) in [6.07, 6.45) is 1.74. The van der Waals surface area contributed by atoms with E-state index in [1.807, 2.05) is 70.2 Å². The smallest absolute Gasteiger partial charge is 0.252 e. The fourth-order valence-electron chi connectivity index (χ4n) is 3.40. The summed E-state index contributed by atoms with van der Waals surface area (Å²) in [6, 6.07) is 16.5. The summed E-state index contributed by atoms with van der Waals surface area (Å²) in [5, 5.41) is 3.04. The quantitative estimate of drug-likeness (QED) is 0.389. The van der Waals surface area contributed by atoms with Crippen molar-refractivity contribution >= 4 is 5.91 Å². The van der Waals surface area contributed by atoms with Gasteiger partial charge in [-0.25, -0.2) is 0 Å². The van der Waals surface area contributed by atoms with Crippen LogP contribution in [0.25, 0.3) is 0 Å². The van der Waals surface area contributed by atoms with Gasteiger partial charge in [-0.3, -0.25) is 9.78 Å². The summed E-state index contributed by atoms with van der Waals surface area (Å²) >= 11 is 0. The van der Waals surface area contributed by atoms with Gasteiger partial charge >= 0.3 is 0 Å². The Balaban J connectivity index is 1.74. The zero-order valence-electron chi connectivity index (χ0n) is 20.2. The monoisotopic (exact) mass is 464 g/mol. The summed E-state index contributed by atoms with van der Waals surface area (Å²) < 4.78 is 23.1. The van der Waals surface area contributed by atoms with Crippen LogP contribution in [0.15, 0.2) is 60.8 Å². The fraction of sp³-hybridized carbons (Fsp3) is 0.333. The molecule has 1 aromatic heterocycles. The third kappa shape index (κ3) is 6.63. The third-order valence-corrected chi connectivity index (χ3v) is 4.99. The van der Waals surface area contributed by atoms with Crippen LogP contribution in [-0.2, 0) is 6.61 Å². The predicted octanol–water partition coefficient (Wildman–Crippen LogP) is 5.35. The summed E-state index contributed by atoms with van der Waals surface area (Å²) in [5.41, 5.74) is 2.21. The molecule has 0 aliphatic rings. The van der Waals surface area contributed by atoms with Gasteiger partial charge in [0, 0.05) is 11.8 Å². The van der Waals surface area contributed by atoms with Gasteiger partial charge in [0.2, 0.25) is 5.75 Å². The van der Waals surface area contributed by atoms with E-state index in [1.165, 1.54) is 0 Å². The Morgan fingerprint density at radius 1 is 0.882 bits per heavy atom. The number of carbonyl (C=O) groups excluding carboxylic acids is 1. The standard InChI is InChI=1S/C27H32N2O5/c1-5-31-24-16-21(17-25(32-6-2)26(24)33-7-3)27(30)29-19(4)20-11-10-13-23(15-20)34-18-22-12-8-9-14-28-22/h8-17,19H,5-7,18H2,1-4H3,(H,29,30). The number of rotatable bonds is 12. The Morgan fingerprint density at radius 3 is 2.21 bits per heavy atom. The molecule has 0 radical (unpaired) electrons. The van der Waals surface area contributed by atoms with Crippen LogP contribution in [0.1, 0.15) is 55.4 Å². The average Bonchev–Trinajstić information content (AvgIpc) is 2.85. The number of pyridine rings is 1. The lowest BCUT2D eigenvalue weighted by atomic mass is 10.1. The minimum atomic E-state index is -0.247. The molecule has 0 aliphatic carbocycles. The highest BCUT2D eigenvalue weighted by Crippen LogP contribution is 2.39. The highest BCUT2D eigenvalue weighted by molar-refractivity contribution is 5.95. The Morgan fingerprint density at radius 2 is 1.59 bits per heavy atom. The molecule has 1 atom stereocenters. The number of carbonyl (C=O) groups is 1. The SMILES string of the molecule is CCOc1cc(C(=O)NC(C)c2cccc(OCc3ccccn3)c2)cc(OCC)c1OCC. The molecule has 1 N–H and O–H groups in total. The highest BCUT2D eigenvalue weighted by atomic mass is 16.5. The van der Waals surface area contributed by atoms with E-state index in [0.29, 0.717) is 55.0 Å². The van der Waals surface area contributed by atoms with Crippen molar-refractivity contribution in [2.45, 2.75) is 40.3 Å². The Bertz CT molecular complexity index is 1040. The maximum atomic E-state index is 13.1. The molecule has 0 fully saturated rings. The first-order valence-corrected chi connectivity index (χ1v) is 11.6. The molecule has 2 aromatic carbocycles. The van der Waals surface area contributed by atoms with Crippen LogP contribution in [0.3, 0.4) is 0 Å². The van der Waals surface area contributed by atoms with Crippen LogP contribution >= 0.6 is 0 Å². The highest BCUT2D eigenvalue weighted by Gasteiger charge is 2.20. The molecule has 1 heterocycles. The number of aromatic nitrogens is 1. The van der Waals surface area contributed by atoms with Gasteiger partial charge in [0.15, 0.2) is 11.5 Å². The molecule has 0 spiro atoms. The summed E-state index contributed by atoms with van der Waals surface area (Å²) in [6.45, 7) is 9.30. The van der Waals surface area contributed by atoms with E-state index in [2.05, 4.69) is 10.3 Å². The van der Waals surface area contributed by atoms with Crippen molar-refractivity contribution in [1.82, 2.24) is 10.3 Å². The number of nitrogens with zero attached hydrogens (tertiary/aromatic N) is 1. The first-order chi connectivity index (χ1) is 16.5. The van der Waals surface area contributed by atoms with Crippen LogP contribution in [0.2, 0.25) is 0 Å². The molecule has 0 aliphatic heterocycles. The molecule has 0 saturated heterocycles. The van der Waals surface area contributed by atoms with Gasteiger partial charge in [-0.05, 0) is 69.7 Å². The van der Waals surface area contributed by atoms with Crippen molar-refractivity contribution in [3.05, 3.63) is 77.6 Å². The van der Waals surface area contributed by atoms with Crippen LogP contribution in [0, 0.1) is 0 Å². The maximum Gasteiger partial charge on any atom is 0.252 e. The van der Waals surface area contributed by atoms with Gasteiger partial charge in [-0.1, -0.05) is 18.2 Å². The zero-order valence-corrected chi connectivity index (χ0v) is 20.2. The average molecular weight is 465 g/mol. The second kappa shape index (κ2) is 12.5. The van der Waals surface area contributed by atoms with Crippen LogP contribution < -0.4 is 24.3 Å². The minimum absolute atomic E-state index is 0.239. The van der Waals surface area contributed by atoms with Crippen molar-refractivity contribution < 1.29 is 23.7 Å². The third-order valence-electron chi connectivity index (χ3n) is 4.99. The molecule has 1 unspecified atom stereocenters. The Kier molecular flexibility index (Phi) is 9.14. The minimum Gasteiger partial charge on any atom is -0.490 e. The molecular weight excluding hydrogens is 432 g/mol. The zero-order chi connectivity index (χ0) is 24.3. The molecule has 180 valence electrons. The van der Waals surface area contributed by atoms with E-state index in [-0.39, 0.29) is 11.9 Å². The molecule has 3 rings (SSSR count). The first kappa shape index (κ1) is 24.9. The van der Waals surface area contributed by atoms with Crippen molar-refractivity contribution in [2.24, 2.45) is 0 Å². The summed E-state index contributed by atoms with van der Waals surface area (Å²) in [7, 11) is 0. The van der Waals surface area contributed by atoms with Gasteiger partial charge in [0.25, 0.3) is 5.91 Å². The van der Waals surface area contributed by atoms with E-state index >= 15 is 0 Å². The van der Waals surface area contributed by atoms with E-state index in [0.717, 1.165) is 11.3 Å². The summed E-state index contributed by atoms with van der Waals surface area (Å²) in [5.74, 6) is 1.95. The molecule has 34 heavy (non-hydrogen) atoms. The number of benzene rings is 2. The molecule has 1 amide bonds. The maximum absolute atomic E-state index is 13.1. The van der Waals surface area contributed by atoms with Crippen LogP contribution in [-0.4, -0.2) is 30.7 Å². The Labute approximate surface area is 201 Å². The van der Waals surface area contributed by atoms with Crippen LogP contribution in [0.5, 0.6) is 23.0 Å². The van der Waals surface area contributed by atoms with Gasteiger partial charge in [0.05, 0.1) is 31.6 Å². The van der Waals surface area contributed by atoms with E-state index in [1.54, 1.807) is 18.3 Å². The molecule has 0 bridgehead atoms. The lowest BCUT2D eigenvalue weighted by molar-refractivity contribution is 0.0938. The van der Waals surface area contributed by atoms with Crippen molar-refractivity contribution in [3.8, 4) is 23.0 Å². The normalized spacial score (nSPS) is 11.4. The summed E-state index contributed by atoms with van der Waals surface area (Å²) in [4.78, 5) is 17.4. The molecular formula is C27H32N2O5. The number of ether oxygens (including phenoxy) is 4. The molecule has 7 heteroatoms. The molecule has 3 aromatic rings. The van der Waals surface area contributed by atoms with Gasteiger partial charge in [0.1, 0.15) is 12.4 Å². The molecule has 0 saturated carbocycles. The lowest BCUT2D eigenvalue weighted by Crippen LogP contribution is -2.26. The predicted molar refractivity (Wildman–Crippen MR) is 131 cm³/mol. The van der Waals surface area contributed by atoms with E-state index < -0.39 is 0 Å².